The van der Waals surface area contributed by atoms with Gasteiger partial charge in [0, 0.05) is 6.54 Å². The van der Waals surface area contributed by atoms with Gasteiger partial charge in [0.2, 0.25) is 0 Å². The quantitative estimate of drug-likeness (QED) is 0.640. The first-order valence-corrected chi connectivity index (χ1v) is 7.21. The van der Waals surface area contributed by atoms with Crippen LogP contribution < -0.4 is 10.1 Å². The maximum Gasteiger partial charge on any atom is 0.313 e. The largest absolute Gasteiger partial charge is 0.490 e. The number of carbonyl (C=O) groups excluding carboxylic acids is 1. The lowest BCUT2D eigenvalue weighted by atomic mass is 9.76. The Morgan fingerprint density at radius 3 is 2.65 bits per heavy atom. The Kier molecular flexibility index (Phi) is 5.01. The number of rotatable bonds is 6. The Labute approximate surface area is 120 Å². The van der Waals surface area contributed by atoms with Gasteiger partial charge in [-0.25, -0.2) is 0 Å². The van der Waals surface area contributed by atoms with E-state index >= 15 is 0 Å². The SMILES string of the molecule is CC(C)C1(C(=O)OCCOc2ccccc2)CCNC1. The van der Waals surface area contributed by atoms with E-state index < -0.39 is 0 Å². The lowest BCUT2D eigenvalue weighted by Crippen LogP contribution is -2.40. The minimum absolute atomic E-state index is 0.103. The molecule has 1 aliphatic heterocycles. The fraction of sp³-hybridized carbons (Fsp3) is 0.562. The van der Waals surface area contributed by atoms with Gasteiger partial charge >= 0.3 is 5.97 Å². The Bertz CT molecular complexity index is 425. The molecular formula is C16H23NO3. The molecule has 20 heavy (non-hydrogen) atoms. The Hall–Kier alpha value is -1.55. The van der Waals surface area contributed by atoms with E-state index in [1.165, 1.54) is 0 Å². The highest BCUT2D eigenvalue weighted by molar-refractivity contribution is 5.78. The van der Waals surface area contributed by atoms with Crippen molar-refractivity contribution in [1.29, 1.82) is 0 Å². The van der Waals surface area contributed by atoms with Crippen LogP contribution in [0, 0.1) is 11.3 Å². The van der Waals surface area contributed by atoms with Gasteiger partial charge in [-0.1, -0.05) is 32.0 Å². The van der Waals surface area contributed by atoms with Crippen molar-refractivity contribution in [3.63, 3.8) is 0 Å². The summed E-state index contributed by atoms with van der Waals surface area (Å²) in [5, 5.41) is 3.26. The molecule has 2 rings (SSSR count). The summed E-state index contributed by atoms with van der Waals surface area (Å²) in [7, 11) is 0. The molecule has 0 aromatic heterocycles. The zero-order valence-electron chi connectivity index (χ0n) is 12.2. The molecule has 0 saturated carbocycles. The molecule has 1 aromatic rings. The van der Waals surface area contributed by atoms with E-state index in [0.29, 0.717) is 19.8 Å². The number of hydrogen-bond donors (Lipinski definition) is 1. The van der Waals surface area contributed by atoms with Gasteiger partial charge in [-0.05, 0) is 31.0 Å². The van der Waals surface area contributed by atoms with Crippen LogP contribution in [0.25, 0.3) is 0 Å². The molecule has 1 unspecified atom stereocenters. The van der Waals surface area contributed by atoms with Crippen molar-refractivity contribution < 1.29 is 14.3 Å². The smallest absolute Gasteiger partial charge is 0.313 e. The molecule has 110 valence electrons. The van der Waals surface area contributed by atoms with Crippen LogP contribution in [0.2, 0.25) is 0 Å². The van der Waals surface area contributed by atoms with E-state index in [1.807, 2.05) is 30.3 Å². The van der Waals surface area contributed by atoms with Gasteiger partial charge < -0.3 is 14.8 Å². The van der Waals surface area contributed by atoms with Gasteiger partial charge in [-0.2, -0.15) is 0 Å². The van der Waals surface area contributed by atoms with Crippen molar-refractivity contribution in [2.75, 3.05) is 26.3 Å². The van der Waals surface area contributed by atoms with Gasteiger partial charge in [0.15, 0.2) is 0 Å². The van der Waals surface area contributed by atoms with Crippen LogP contribution in [0.3, 0.4) is 0 Å². The summed E-state index contributed by atoms with van der Waals surface area (Å²) in [6.45, 7) is 6.43. The molecule has 4 nitrogen and oxygen atoms in total. The van der Waals surface area contributed by atoms with E-state index in [1.54, 1.807) is 0 Å². The van der Waals surface area contributed by atoms with Crippen molar-refractivity contribution in [3.05, 3.63) is 30.3 Å². The van der Waals surface area contributed by atoms with Crippen LogP contribution in [0.1, 0.15) is 20.3 Å². The first-order chi connectivity index (χ1) is 9.65. The zero-order valence-corrected chi connectivity index (χ0v) is 12.2. The first kappa shape index (κ1) is 14.9. The maximum absolute atomic E-state index is 12.3. The molecule has 1 aromatic carbocycles. The van der Waals surface area contributed by atoms with Gasteiger partial charge in [0.05, 0.1) is 5.41 Å². The minimum atomic E-state index is -0.368. The number of nitrogens with one attached hydrogen (secondary N) is 1. The van der Waals surface area contributed by atoms with Crippen LogP contribution >= 0.6 is 0 Å². The molecule has 1 N–H and O–H groups in total. The Balaban J connectivity index is 1.77. The molecule has 0 aliphatic carbocycles. The lowest BCUT2D eigenvalue weighted by Gasteiger charge is -2.29. The number of esters is 1. The molecule has 1 heterocycles. The van der Waals surface area contributed by atoms with Crippen LogP contribution in [0.5, 0.6) is 5.75 Å². The summed E-state index contributed by atoms with van der Waals surface area (Å²) in [6.07, 6.45) is 0.850. The second-order valence-electron chi connectivity index (χ2n) is 5.54. The molecule has 0 amide bonds. The third kappa shape index (κ3) is 3.31. The van der Waals surface area contributed by atoms with Crippen molar-refractivity contribution in [2.45, 2.75) is 20.3 Å². The molecule has 0 bridgehead atoms. The molecule has 1 aliphatic rings. The monoisotopic (exact) mass is 277 g/mol. The van der Waals surface area contributed by atoms with E-state index in [2.05, 4.69) is 19.2 Å². The van der Waals surface area contributed by atoms with Gasteiger partial charge in [0.25, 0.3) is 0 Å². The summed E-state index contributed by atoms with van der Waals surface area (Å²) in [5.74, 6) is 0.971. The molecule has 0 spiro atoms. The molecule has 1 atom stereocenters. The lowest BCUT2D eigenvalue weighted by molar-refractivity contribution is -0.158. The highest BCUT2D eigenvalue weighted by Crippen LogP contribution is 2.35. The summed E-state index contributed by atoms with van der Waals surface area (Å²) in [6, 6.07) is 9.54. The number of benzene rings is 1. The average molecular weight is 277 g/mol. The van der Waals surface area contributed by atoms with Gasteiger partial charge in [-0.3, -0.25) is 4.79 Å². The van der Waals surface area contributed by atoms with Crippen molar-refractivity contribution >= 4 is 5.97 Å². The van der Waals surface area contributed by atoms with Crippen molar-refractivity contribution in [2.24, 2.45) is 11.3 Å². The van der Waals surface area contributed by atoms with E-state index in [4.69, 9.17) is 9.47 Å². The normalized spacial score (nSPS) is 21.9. The number of ether oxygens (including phenoxy) is 2. The molecular weight excluding hydrogens is 254 g/mol. The highest BCUT2D eigenvalue weighted by Gasteiger charge is 2.45. The Morgan fingerprint density at radius 2 is 2.05 bits per heavy atom. The van der Waals surface area contributed by atoms with E-state index in [9.17, 15) is 4.79 Å². The van der Waals surface area contributed by atoms with E-state index in [-0.39, 0.29) is 17.3 Å². The standard InChI is InChI=1S/C16H23NO3/c1-13(2)16(8-9-17-12-16)15(18)20-11-10-19-14-6-4-3-5-7-14/h3-7,13,17H,8-12H2,1-2H3. The fourth-order valence-electron chi connectivity index (χ4n) is 2.57. The molecule has 1 saturated heterocycles. The number of hydrogen-bond acceptors (Lipinski definition) is 4. The molecule has 0 radical (unpaired) electrons. The number of para-hydroxylation sites is 1. The predicted octanol–water partition coefficient (Wildman–Crippen LogP) is 2.24. The molecule has 4 heteroatoms. The second-order valence-corrected chi connectivity index (χ2v) is 5.54. The number of carbonyl (C=O) groups is 1. The van der Waals surface area contributed by atoms with Crippen LogP contribution in [-0.4, -0.2) is 32.3 Å². The zero-order chi connectivity index (χ0) is 14.4. The first-order valence-electron chi connectivity index (χ1n) is 7.21. The average Bonchev–Trinajstić information content (AvgIpc) is 2.95. The fourth-order valence-corrected chi connectivity index (χ4v) is 2.57. The molecule has 1 fully saturated rings. The van der Waals surface area contributed by atoms with Gasteiger partial charge in [0.1, 0.15) is 19.0 Å². The minimum Gasteiger partial charge on any atom is -0.490 e. The summed E-state index contributed by atoms with van der Waals surface area (Å²) in [4.78, 5) is 12.3. The predicted molar refractivity (Wildman–Crippen MR) is 77.7 cm³/mol. The topological polar surface area (TPSA) is 47.6 Å². The summed E-state index contributed by atoms with van der Waals surface area (Å²) < 4.78 is 10.9. The maximum atomic E-state index is 12.3. The van der Waals surface area contributed by atoms with Gasteiger partial charge in [-0.15, -0.1) is 0 Å². The summed E-state index contributed by atoms with van der Waals surface area (Å²) >= 11 is 0. The highest BCUT2D eigenvalue weighted by atomic mass is 16.6. The van der Waals surface area contributed by atoms with Crippen molar-refractivity contribution in [3.8, 4) is 5.75 Å². The van der Waals surface area contributed by atoms with Crippen molar-refractivity contribution in [1.82, 2.24) is 5.32 Å². The van der Waals surface area contributed by atoms with E-state index in [0.717, 1.165) is 18.7 Å². The summed E-state index contributed by atoms with van der Waals surface area (Å²) in [5.41, 5.74) is -0.368. The third-order valence-corrected chi connectivity index (χ3v) is 4.03. The van der Waals surface area contributed by atoms with Crippen LogP contribution in [-0.2, 0) is 9.53 Å². The van der Waals surface area contributed by atoms with Crippen LogP contribution in [0.4, 0.5) is 0 Å². The Morgan fingerprint density at radius 1 is 1.30 bits per heavy atom. The van der Waals surface area contributed by atoms with Crippen LogP contribution in [0.15, 0.2) is 30.3 Å². The second kappa shape index (κ2) is 6.75. The third-order valence-electron chi connectivity index (χ3n) is 4.03.